The SMILES string of the molecule is CO/C=C(/C(=O)O)c1ccccc1Oc1cccc(OC(F)(F)C(F)F)c1. The number of ether oxygens (including phenoxy) is 3. The van der Waals surface area contributed by atoms with Crippen LogP contribution in [0.1, 0.15) is 5.56 Å². The highest BCUT2D eigenvalue weighted by Gasteiger charge is 2.44. The zero-order valence-corrected chi connectivity index (χ0v) is 13.9. The van der Waals surface area contributed by atoms with Crippen LogP contribution in [0.4, 0.5) is 17.6 Å². The lowest BCUT2D eigenvalue weighted by Gasteiger charge is -2.17. The van der Waals surface area contributed by atoms with Crippen molar-refractivity contribution in [1.29, 1.82) is 0 Å². The number of hydrogen-bond donors (Lipinski definition) is 1. The van der Waals surface area contributed by atoms with Gasteiger partial charge in [0.05, 0.1) is 13.4 Å². The average Bonchev–Trinajstić information content (AvgIpc) is 2.60. The average molecular weight is 386 g/mol. The molecule has 0 spiro atoms. The summed E-state index contributed by atoms with van der Waals surface area (Å²) >= 11 is 0. The molecule has 2 rings (SSSR count). The van der Waals surface area contributed by atoms with Gasteiger partial charge in [-0.1, -0.05) is 24.3 Å². The van der Waals surface area contributed by atoms with Crippen molar-refractivity contribution in [3.8, 4) is 17.2 Å². The normalized spacial score (nSPS) is 12.0. The van der Waals surface area contributed by atoms with E-state index >= 15 is 0 Å². The first-order valence-corrected chi connectivity index (χ1v) is 7.43. The zero-order chi connectivity index (χ0) is 20.0. The Morgan fingerprint density at radius 2 is 1.78 bits per heavy atom. The summed E-state index contributed by atoms with van der Waals surface area (Å²) in [6.07, 6.45) is -7.65. The standard InChI is InChI=1S/C18H14F4O5/c1-25-10-14(16(23)24)13-7-2-3-8-15(13)26-11-5-4-6-12(9-11)27-18(21,22)17(19)20/h2-10,17H,1H3,(H,23,24)/b14-10+. The van der Waals surface area contributed by atoms with E-state index in [0.29, 0.717) is 0 Å². The Kier molecular flexibility index (Phi) is 6.27. The number of methoxy groups -OCH3 is 1. The summed E-state index contributed by atoms with van der Waals surface area (Å²) in [7, 11) is 1.27. The third kappa shape index (κ3) is 5.13. The molecule has 144 valence electrons. The summed E-state index contributed by atoms with van der Waals surface area (Å²) in [5.41, 5.74) is -0.0409. The molecular weight excluding hydrogens is 372 g/mol. The Morgan fingerprint density at radius 3 is 2.41 bits per heavy atom. The molecule has 0 aromatic heterocycles. The van der Waals surface area contributed by atoms with Crippen LogP contribution >= 0.6 is 0 Å². The first kappa shape index (κ1) is 20.1. The third-order valence-electron chi connectivity index (χ3n) is 3.18. The van der Waals surface area contributed by atoms with Crippen molar-refractivity contribution in [2.45, 2.75) is 12.5 Å². The van der Waals surface area contributed by atoms with Crippen molar-refractivity contribution >= 4 is 11.5 Å². The number of benzene rings is 2. The zero-order valence-electron chi connectivity index (χ0n) is 13.9. The van der Waals surface area contributed by atoms with Crippen LogP contribution in [-0.4, -0.2) is 30.7 Å². The van der Waals surface area contributed by atoms with Crippen LogP contribution in [0.25, 0.3) is 5.57 Å². The second-order valence-corrected chi connectivity index (χ2v) is 5.11. The Hall–Kier alpha value is -3.23. The quantitative estimate of drug-likeness (QED) is 0.402. The van der Waals surface area contributed by atoms with Crippen molar-refractivity contribution in [3.63, 3.8) is 0 Å². The maximum absolute atomic E-state index is 13.0. The van der Waals surface area contributed by atoms with Crippen LogP contribution in [-0.2, 0) is 9.53 Å². The number of alkyl halides is 4. The van der Waals surface area contributed by atoms with E-state index < -0.39 is 24.3 Å². The molecule has 0 saturated carbocycles. The van der Waals surface area contributed by atoms with Crippen molar-refractivity contribution < 1.29 is 41.7 Å². The lowest BCUT2D eigenvalue weighted by atomic mass is 10.1. The number of halogens is 4. The molecule has 0 amide bonds. The van der Waals surface area contributed by atoms with E-state index in [9.17, 15) is 27.5 Å². The van der Waals surface area contributed by atoms with Gasteiger partial charge in [-0.25, -0.2) is 4.79 Å². The highest BCUT2D eigenvalue weighted by molar-refractivity contribution is 6.15. The fourth-order valence-electron chi connectivity index (χ4n) is 2.05. The van der Waals surface area contributed by atoms with Gasteiger partial charge in [0.2, 0.25) is 0 Å². The van der Waals surface area contributed by atoms with Gasteiger partial charge in [0.1, 0.15) is 22.8 Å². The fourth-order valence-corrected chi connectivity index (χ4v) is 2.05. The summed E-state index contributed by atoms with van der Waals surface area (Å²) in [6.45, 7) is 0. The largest absolute Gasteiger partial charge is 0.503 e. The van der Waals surface area contributed by atoms with Crippen LogP contribution < -0.4 is 9.47 Å². The number of rotatable bonds is 8. The monoisotopic (exact) mass is 386 g/mol. The molecule has 0 aliphatic rings. The van der Waals surface area contributed by atoms with Gasteiger partial charge in [-0.15, -0.1) is 0 Å². The van der Waals surface area contributed by atoms with Crippen molar-refractivity contribution in [2.75, 3.05) is 7.11 Å². The molecule has 2 aromatic rings. The van der Waals surface area contributed by atoms with Gasteiger partial charge < -0.3 is 19.3 Å². The molecule has 2 aromatic carbocycles. The molecule has 0 heterocycles. The van der Waals surface area contributed by atoms with E-state index in [4.69, 9.17) is 9.47 Å². The molecule has 0 fully saturated rings. The number of carboxylic acid groups (broad SMARTS) is 1. The fraction of sp³-hybridized carbons (Fsp3) is 0.167. The summed E-state index contributed by atoms with van der Waals surface area (Å²) in [6, 6.07) is 10.7. The summed E-state index contributed by atoms with van der Waals surface area (Å²) in [5, 5.41) is 9.29. The first-order chi connectivity index (χ1) is 12.7. The Balaban J connectivity index is 2.32. The molecule has 0 aliphatic heterocycles. The van der Waals surface area contributed by atoms with Gasteiger partial charge in [-0.05, 0) is 18.2 Å². The number of aliphatic carboxylic acids is 1. The maximum Gasteiger partial charge on any atom is 0.461 e. The number of carbonyl (C=O) groups is 1. The van der Waals surface area contributed by atoms with Crippen LogP contribution in [0.15, 0.2) is 54.8 Å². The van der Waals surface area contributed by atoms with Gasteiger partial charge in [-0.2, -0.15) is 17.6 Å². The van der Waals surface area contributed by atoms with Crippen molar-refractivity contribution in [3.05, 3.63) is 60.4 Å². The van der Waals surface area contributed by atoms with Gasteiger partial charge in [0, 0.05) is 11.6 Å². The van der Waals surface area contributed by atoms with Crippen molar-refractivity contribution in [2.24, 2.45) is 0 Å². The van der Waals surface area contributed by atoms with Crippen molar-refractivity contribution in [1.82, 2.24) is 0 Å². The second-order valence-electron chi connectivity index (χ2n) is 5.11. The van der Waals surface area contributed by atoms with E-state index in [1.807, 2.05) is 0 Å². The summed E-state index contributed by atoms with van der Waals surface area (Å²) in [5.74, 6) is -1.75. The highest BCUT2D eigenvalue weighted by atomic mass is 19.3. The molecule has 1 N–H and O–H groups in total. The molecule has 0 unspecified atom stereocenters. The Labute approximate surface area is 151 Å². The number of hydrogen-bond acceptors (Lipinski definition) is 4. The topological polar surface area (TPSA) is 65.0 Å². The molecule has 0 saturated heterocycles. The van der Waals surface area contributed by atoms with Gasteiger partial charge in [-0.3, -0.25) is 0 Å². The second kappa shape index (κ2) is 8.43. The molecule has 5 nitrogen and oxygen atoms in total. The molecule has 27 heavy (non-hydrogen) atoms. The molecular formula is C18H14F4O5. The number of carboxylic acids is 1. The minimum absolute atomic E-state index is 0.0211. The molecule has 0 aliphatic carbocycles. The van der Waals surface area contributed by atoms with Crippen LogP contribution in [0, 0.1) is 0 Å². The maximum atomic E-state index is 13.0. The van der Waals surface area contributed by atoms with Gasteiger partial charge in [0.25, 0.3) is 0 Å². The Morgan fingerprint density at radius 1 is 1.11 bits per heavy atom. The minimum atomic E-state index is -4.66. The van der Waals surface area contributed by atoms with Crippen LogP contribution in [0.2, 0.25) is 0 Å². The summed E-state index contributed by atoms with van der Waals surface area (Å²) in [4.78, 5) is 11.4. The molecule has 9 heteroatoms. The predicted molar refractivity (Wildman–Crippen MR) is 87.2 cm³/mol. The summed E-state index contributed by atoms with van der Waals surface area (Å²) < 4.78 is 64.9. The number of para-hydroxylation sites is 1. The third-order valence-corrected chi connectivity index (χ3v) is 3.18. The van der Waals surface area contributed by atoms with E-state index in [1.165, 1.54) is 31.4 Å². The first-order valence-electron chi connectivity index (χ1n) is 7.43. The smallest absolute Gasteiger partial charge is 0.461 e. The van der Waals surface area contributed by atoms with Crippen LogP contribution in [0.3, 0.4) is 0 Å². The minimum Gasteiger partial charge on any atom is -0.503 e. The lowest BCUT2D eigenvalue weighted by molar-refractivity contribution is -0.253. The van der Waals surface area contributed by atoms with Gasteiger partial charge >= 0.3 is 18.5 Å². The van der Waals surface area contributed by atoms with E-state index in [0.717, 1.165) is 18.4 Å². The molecule has 0 bridgehead atoms. The molecule has 0 radical (unpaired) electrons. The highest BCUT2D eigenvalue weighted by Crippen LogP contribution is 2.34. The predicted octanol–water partition coefficient (Wildman–Crippen LogP) is 4.79. The Bertz CT molecular complexity index is 836. The van der Waals surface area contributed by atoms with E-state index in [-0.39, 0.29) is 22.6 Å². The van der Waals surface area contributed by atoms with E-state index in [1.54, 1.807) is 12.1 Å². The lowest BCUT2D eigenvalue weighted by Crippen LogP contribution is -2.33. The van der Waals surface area contributed by atoms with Gasteiger partial charge in [0.15, 0.2) is 0 Å². The van der Waals surface area contributed by atoms with Crippen LogP contribution in [0.5, 0.6) is 17.2 Å². The van der Waals surface area contributed by atoms with E-state index in [2.05, 4.69) is 4.74 Å². The molecule has 0 atom stereocenters.